The van der Waals surface area contributed by atoms with E-state index in [-0.39, 0.29) is 36.7 Å². The Balaban J connectivity index is 1.44. The summed E-state index contributed by atoms with van der Waals surface area (Å²) in [7, 11) is 3.38. The number of methoxy groups -OCH3 is 1. The summed E-state index contributed by atoms with van der Waals surface area (Å²) in [4.78, 5) is 57.1. The van der Waals surface area contributed by atoms with Crippen LogP contribution < -0.4 is 4.74 Å². The van der Waals surface area contributed by atoms with Gasteiger partial charge >= 0.3 is 0 Å². The van der Waals surface area contributed by atoms with Gasteiger partial charge in [0.15, 0.2) is 0 Å². The minimum Gasteiger partial charge on any atom is -0.497 e. The number of amides is 4. The van der Waals surface area contributed by atoms with E-state index in [2.05, 4.69) is 0 Å². The number of benzene rings is 2. The maximum atomic E-state index is 13.2. The van der Waals surface area contributed by atoms with Crippen molar-refractivity contribution in [1.29, 1.82) is 0 Å². The molecule has 2 aliphatic rings. The van der Waals surface area contributed by atoms with Crippen molar-refractivity contribution in [2.75, 3.05) is 40.3 Å². The molecule has 2 aromatic carbocycles. The first-order chi connectivity index (χ1) is 16.9. The summed E-state index contributed by atoms with van der Waals surface area (Å²) in [6, 6.07) is 12.4. The van der Waals surface area contributed by atoms with Gasteiger partial charge in [-0.1, -0.05) is 24.3 Å². The molecule has 0 radical (unpaired) electrons. The number of nitrogens with zero attached hydrogens (tertiary/aromatic N) is 3. The summed E-state index contributed by atoms with van der Waals surface area (Å²) in [6.45, 7) is 8.54. The fourth-order valence-electron chi connectivity index (χ4n) is 5.03. The van der Waals surface area contributed by atoms with E-state index < -0.39 is 10.8 Å². The molecular formula is C28H33N3O5. The molecule has 2 heterocycles. The van der Waals surface area contributed by atoms with Crippen molar-refractivity contribution in [3.05, 3.63) is 64.7 Å². The lowest BCUT2D eigenvalue weighted by molar-refractivity contribution is -0.134. The normalized spacial score (nSPS) is 18.4. The van der Waals surface area contributed by atoms with Crippen LogP contribution >= 0.6 is 0 Å². The second kappa shape index (κ2) is 9.17. The number of carbonyl (C=O) groups excluding carboxylic acids is 4. The first-order valence-corrected chi connectivity index (χ1v) is 12.1. The molecule has 0 aliphatic carbocycles. The van der Waals surface area contributed by atoms with Gasteiger partial charge in [0.2, 0.25) is 11.8 Å². The third-order valence-corrected chi connectivity index (χ3v) is 7.42. The minimum absolute atomic E-state index is 0.199. The Hall–Kier alpha value is -3.52. The van der Waals surface area contributed by atoms with Crippen LogP contribution in [0.25, 0.3) is 0 Å². The molecule has 36 heavy (non-hydrogen) atoms. The Morgan fingerprint density at radius 1 is 0.750 bits per heavy atom. The molecule has 2 aromatic rings. The third kappa shape index (κ3) is 4.09. The molecule has 0 spiro atoms. The summed E-state index contributed by atoms with van der Waals surface area (Å²) in [5.74, 6) is -0.560. The summed E-state index contributed by atoms with van der Waals surface area (Å²) in [5.41, 5.74) is 0.798. The van der Waals surface area contributed by atoms with Gasteiger partial charge in [0, 0.05) is 37.3 Å². The van der Waals surface area contributed by atoms with Crippen LogP contribution in [0, 0.1) is 0 Å². The van der Waals surface area contributed by atoms with E-state index in [0.717, 1.165) is 5.56 Å². The highest BCUT2D eigenvalue weighted by molar-refractivity contribution is 6.13. The second-order valence-corrected chi connectivity index (χ2v) is 10.5. The largest absolute Gasteiger partial charge is 0.497 e. The lowest BCUT2D eigenvalue weighted by atomic mass is 9.77. The molecule has 4 amide bonds. The van der Waals surface area contributed by atoms with Crippen molar-refractivity contribution >= 4 is 23.6 Å². The molecule has 8 nitrogen and oxygen atoms in total. The molecule has 0 fully saturated rings. The third-order valence-electron chi connectivity index (χ3n) is 7.42. The molecule has 0 saturated heterocycles. The number of hydrogen-bond donors (Lipinski definition) is 0. The van der Waals surface area contributed by atoms with Crippen LogP contribution in [0.1, 0.15) is 59.5 Å². The Kier molecular flexibility index (Phi) is 6.51. The van der Waals surface area contributed by atoms with Crippen LogP contribution in [0.5, 0.6) is 5.75 Å². The van der Waals surface area contributed by atoms with Crippen LogP contribution in [0.3, 0.4) is 0 Å². The van der Waals surface area contributed by atoms with Gasteiger partial charge in [0.25, 0.3) is 11.8 Å². The van der Waals surface area contributed by atoms with E-state index in [9.17, 15) is 19.2 Å². The van der Waals surface area contributed by atoms with Crippen molar-refractivity contribution in [2.45, 2.75) is 38.5 Å². The Bertz CT molecular complexity index is 1250. The summed E-state index contributed by atoms with van der Waals surface area (Å²) in [6.07, 6.45) is 0. The van der Waals surface area contributed by atoms with Crippen molar-refractivity contribution in [1.82, 2.24) is 14.7 Å². The van der Waals surface area contributed by atoms with E-state index >= 15 is 0 Å². The van der Waals surface area contributed by atoms with Gasteiger partial charge in [-0.15, -0.1) is 0 Å². The topological polar surface area (TPSA) is 87.2 Å². The summed E-state index contributed by atoms with van der Waals surface area (Å²) < 4.78 is 5.28. The first kappa shape index (κ1) is 25.6. The van der Waals surface area contributed by atoms with E-state index in [4.69, 9.17) is 4.74 Å². The Labute approximate surface area is 211 Å². The van der Waals surface area contributed by atoms with Gasteiger partial charge < -0.3 is 9.64 Å². The van der Waals surface area contributed by atoms with Crippen molar-refractivity contribution in [3.8, 4) is 5.75 Å². The average Bonchev–Trinajstić information content (AvgIpc) is 2.86. The quantitative estimate of drug-likeness (QED) is 0.554. The molecule has 0 aromatic heterocycles. The smallest absolute Gasteiger partial charge is 0.260 e. The molecular weight excluding hydrogens is 458 g/mol. The van der Waals surface area contributed by atoms with Crippen molar-refractivity contribution in [3.63, 3.8) is 0 Å². The molecule has 0 atom stereocenters. The van der Waals surface area contributed by atoms with Crippen LogP contribution in [0.4, 0.5) is 0 Å². The highest BCUT2D eigenvalue weighted by Crippen LogP contribution is 2.36. The maximum Gasteiger partial charge on any atom is 0.260 e. The number of ether oxygens (including phenoxy) is 1. The predicted molar refractivity (Wildman–Crippen MR) is 135 cm³/mol. The van der Waals surface area contributed by atoms with Gasteiger partial charge in [0.1, 0.15) is 5.75 Å². The van der Waals surface area contributed by atoms with Crippen LogP contribution in [-0.2, 0) is 20.4 Å². The second-order valence-electron chi connectivity index (χ2n) is 10.5. The van der Waals surface area contributed by atoms with Gasteiger partial charge in [-0.3, -0.25) is 29.0 Å². The van der Waals surface area contributed by atoms with E-state index in [0.29, 0.717) is 35.5 Å². The van der Waals surface area contributed by atoms with Gasteiger partial charge in [-0.2, -0.15) is 0 Å². The number of fused-ring (bicyclic) bond motifs is 2. The van der Waals surface area contributed by atoms with E-state index in [1.54, 1.807) is 30.3 Å². The maximum absolute atomic E-state index is 13.2. The van der Waals surface area contributed by atoms with Gasteiger partial charge in [0.05, 0.1) is 17.9 Å². The summed E-state index contributed by atoms with van der Waals surface area (Å²) >= 11 is 0. The molecule has 4 rings (SSSR count). The van der Waals surface area contributed by atoms with Crippen molar-refractivity contribution in [2.24, 2.45) is 0 Å². The fourth-order valence-corrected chi connectivity index (χ4v) is 5.03. The fraction of sp³-hybridized carbons (Fsp3) is 0.429. The summed E-state index contributed by atoms with van der Waals surface area (Å²) in [5, 5.41) is 0. The standard InChI is InChI=1S/C28H33N3O5/c1-27(2)21-10-8-7-9-19(21)23(32)30(25(27)34)15-13-29(5)14-16-31-24(33)20-17-18(36-6)11-12-22(20)28(3,4)26(31)35/h7-12,17H,13-16H2,1-6H3. The van der Waals surface area contributed by atoms with Crippen LogP contribution in [-0.4, -0.2) is 78.7 Å². The average molecular weight is 492 g/mol. The Morgan fingerprint density at radius 3 is 1.81 bits per heavy atom. The number of imide groups is 2. The predicted octanol–water partition coefficient (Wildman–Crippen LogP) is 2.85. The zero-order chi connectivity index (χ0) is 26.4. The lowest BCUT2D eigenvalue weighted by Crippen LogP contribution is -2.55. The molecule has 190 valence electrons. The SMILES string of the molecule is COc1ccc2c(c1)C(=O)N(CCN(C)CCN1C(=O)c3ccccc3C(C)(C)C1=O)C(=O)C2(C)C. The molecule has 0 bridgehead atoms. The molecule has 0 N–H and O–H groups in total. The lowest BCUT2D eigenvalue weighted by Gasteiger charge is -2.39. The molecule has 8 heteroatoms. The number of carbonyl (C=O) groups is 4. The van der Waals surface area contributed by atoms with Crippen molar-refractivity contribution < 1.29 is 23.9 Å². The van der Waals surface area contributed by atoms with Crippen LogP contribution in [0.15, 0.2) is 42.5 Å². The highest BCUT2D eigenvalue weighted by Gasteiger charge is 2.45. The van der Waals surface area contributed by atoms with Gasteiger partial charge in [-0.05, 0) is 64.1 Å². The minimum atomic E-state index is -0.848. The molecule has 2 aliphatic heterocycles. The Morgan fingerprint density at radius 2 is 1.25 bits per heavy atom. The zero-order valence-corrected chi connectivity index (χ0v) is 21.8. The highest BCUT2D eigenvalue weighted by atomic mass is 16.5. The van der Waals surface area contributed by atoms with E-state index in [1.165, 1.54) is 16.9 Å². The molecule has 0 unspecified atom stereocenters. The van der Waals surface area contributed by atoms with Crippen LogP contribution in [0.2, 0.25) is 0 Å². The number of rotatable bonds is 7. The first-order valence-electron chi connectivity index (χ1n) is 12.1. The van der Waals surface area contributed by atoms with Gasteiger partial charge in [-0.25, -0.2) is 0 Å². The molecule has 0 saturated carbocycles. The number of likely N-dealkylation sites (N-methyl/N-ethyl adjacent to an activating group) is 1. The number of hydrogen-bond acceptors (Lipinski definition) is 6. The van der Waals surface area contributed by atoms with E-state index in [1.807, 2.05) is 51.8 Å². The zero-order valence-electron chi connectivity index (χ0n) is 21.8. The monoisotopic (exact) mass is 491 g/mol.